The molecule has 0 radical (unpaired) electrons. The number of hydrogen-bond acceptors (Lipinski definition) is 4. The second-order valence-electron chi connectivity index (χ2n) is 5.07. The molecule has 4 nitrogen and oxygen atoms in total. The molecule has 106 valence electrons. The highest BCUT2D eigenvalue weighted by Crippen LogP contribution is 2.15. The van der Waals surface area contributed by atoms with E-state index < -0.39 is 11.9 Å². The first-order valence-corrected chi connectivity index (χ1v) is 6.81. The average molecular weight is 258 g/mol. The standard InChI is InChI=1S/C14H26O4/c1-5-17-13(15)14(16)18-10-9-12(4)8-6-7-11(2)3/h11-12H,5-10H2,1-4H3. The van der Waals surface area contributed by atoms with E-state index in [4.69, 9.17) is 4.74 Å². The summed E-state index contributed by atoms with van der Waals surface area (Å²) >= 11 is 0. The largest absolute Gasteiger partial charge is 0.458 e. The third-order valence-corrected chi connectivity index (χ3v) is 2.76. The summed E-state index contributed by atoms with van der Waals surface area (Å²) in [5.74, 6) is -0.534. The molecule has 0 aromatic rings. The third kappa shape index (κ3) is 9.02. The molecular formula is C14H26O4. The molecule has 0 aliphatic rings. The van der Waals surface area contributed by atoms with Crippen LogP contribution in [-0.2, 0) is 19.1 Å². The molecule has 0 aliphatic carbocycles. The molecule has 0 aliphatic heterocycles. The first kappa shape index (κ1) is 16.9. The Balaban J connectivity index is 3.58. The molecule has 1 unspecified atom stereocenters. The Hall–Kier alpha value is -1.06. The van der Waals surface area contributed by atoms with Crippen LogP contribution in [-0.4, -0.2) is 25.2 Å². The fourth-order valence-corrected chi connectivity index (χ4v) is 1.62. The van der Waals surface area contributed by atoms with Crippen LogP contribution < -0.4 is 0 Å². The van der Waals surface area contributed by atoms with E-state index in [1.807, 2.05) is 0 Å². The van der Waals surface area contributed by atoms with Gasteiger partial charge in [0.25, 0.3) is 0 Å². The monoisotopic (exact) mass is 258 g/mol. The summed E-state index contributed by atoms with van der Waals surface area (Å²) in [5.41, 5.74) is 0. The second-order valence-corrected chi connectivity index (χ2v) is 5.07. The summed E-state index contributed by atoms with van der Waals surface area (Å²) in [6.45, 7) is 8.71. The zero-order chi connectivity index (χ0) is 14.0. The van der Waals surface area contributed by atoms with E-state index in [0.717, 1.165) is 18.8 Å². The fourth-order valence-electron chi connectivity index (χ4n) is 1.62. The lowest BCUT2D eigenvalue weighted by Crippen LogP contribution is -2.21. The maximum atomic E-state index is 11.1. The van der Waals surface area contributed by atoms with Gasteiger partial charge in [0.1, 0.15) is 0 Å². The van der Waals surface area contributed by atoms with Crippen LogP contribution in [0.3, 0.4) is 0 Å². The lowest BCUT2D eigenvalue weighted by Gasteiger charge is -2.12. The number of carbonyl (C=O) groups excluding carboxylic acids is 2. The fraction of sp³-hybridized carbons (Fsp3) is 0.857. The molecule has 0 saturated carbocycles. The van der Waals surface area contributed by atoms with Gasteiger partial charge in [0.15, 0.2) is 0 Å². The van der Waals surface area contributed by atoms with Crippen molar-refractivity contribution in [2.24, 2.45) is 11.8 Å². The Kier molecular flexibility index (Phi) is 9.33. The molecule has 0 saturated heterocycles. The molecule has 0 amide bonds. The van der Waals surface area contributed by atoms with E-state index in [0.29, 0.717) is 12.5 Å². The van der Waals surface area contributed by atoms with Crippen molar-refractivity contribution < 1.29 is 19.1 Å². The molecule has 0 aromatic heterocycles. The van der Waals surface area contributed by atoms with Crippen molar-refractivity contribution in [2.45, 2.75) is 53.4 Å². The summed E-state index contributed by atoms with van der Waals surface area (Å²) in [6, 6.07) is 0. The molecule has 1 atom stereocenters. The van der Waals surface area contributed by atoms with Crippen molar-refractivity contribution in [1.29, 1.82) is 0 Å². The minimum Gasteiger partial charge on any atom is -0.458 e. The van der Waals surface area contributed by atoms with Crippen LogP contribution in [0.5, 0.6) is 0 Å². The van der Waals surface area contributed by atoms with E-state index in [1.54, 1.807) is 6.92 Å². The zero-order valence-electron chi connectivity index (χ0n) is 12.0. The number of ether oxygens (including phenoxy) is 2. The molecule has 18 heavy (non-hydrogen) atoms. The van der Waals surface area contributed by atoms with Crippen LogP contribution in [0.25, 0.3) is 0 Å². The van der Waals surface area contributed by atoms with Crippen molar-refractivity contribution >= 4 is 11.9 Å². The maximum Gasteiger partial charge on any atom is 0.417 e. The number of esters is 2. The lowest BCUT2D eigenvalue weighted by atomic mass is 9.98. The SMILES string of the molecule is CCOC(=O)C(=O)OCCC(C)CCCC(C)C. The van der Waals surface area contributed by atoms with E-state index in [2.05, 4.69) is 25.5 Å². The average Bonchev–Trinajstić information content (AvgIpc) is 2.28. The van der Waals surface area contributed by atoms with Gasteiger partial charge in [-0.3, -0.25) is 0 Å². The van der Waals surface area contributed by atoms with Gasteiger partial charge in [-0.15, -0.1) is 0 Å². The number of carbonyl (C=O) groups is 2. The molecule has 0 bridgehead atoms. The van der Waals surface area contributed by atoms with Gasteiger partial charge in [-0.05, 0) is 25.2 Å². The van der Waals surface area contributed by atoms with E-state index in [9.17, 15) is 9.59 Å². The summed E-state index contributed by atoms with van der Waals surface area (Å²) in [7, 11) is 0. The van der Waals surface area contributed by atoms with Crippen molar-refractivity contribution in [3.8, 4) is 0 Å². The van der Waals surface area contributed by atoms with Gasteiger partial charge in [0.05, 0.1) is 13.2 Å². The Labute approximate surface area is 110 Å². The Morgan fingerprint density at radius 3 is 2.11 bits per heavy atom. The van der Waals surface area contributed by atoms with Crippen LogP contribution in [0, 0.1) is 11.8 Å². The summed E-state index contributed by atoms with van der Waals surface area (Å²) in [4.78, 5) is 22.1. The lowest BCUT2D eigenvalue weighted by molar-refractivity contribution is -0.167. The molecule has 0 rings (SSSR count). The van der Waals surface area contributed by atoms with E-state index >= 15 is 0 Å². The number of rotatable bonds is 8. The van der Waals surface area contributed by atoms with E-state index in [-0.39, 0.29) is 6.61 Å². The minimum absolute atomic E-state index is 0.194. The van der Waals surface area contributed by atoms with Crippen LogP contribution in [0.15, 0.2) is 0 Å². The van der Waals surface area contributed by atoms with Crippen molar-refractivity contribution in [2.75, 3.05) is 13.2 Å². The van der Waals surface area contributed by atoms with Gasteiger partial charge < -0.3 is 9.47 Å². The highest BCUT2D eigenvalue weighted by molar-refractivity contribution is 6.29. The Morgan fingerprint density at radius 1 is 0.944 bits per heavy atom. The maximum absolute atomic E-state index is 11.1. The first-order chi connectivity index (χ1) is 8.47. The van der Waals surface area contributed by atoms with Crippen LogP contribution in [0.4, 0.5) is 0 Å². The smallest absolute Gasteiger partial charge is 0.417 e. The second kappa shape index (κ2) is 9.92. The molecule has 4 heteroatoms. The van der Waals surface area contributed by atoms with Gasteiger partial charge >= 0.3 is 11.9 Å². The molecular weight excluding hydrogens is 232 g/mol. The molecule has 0 aromatic carbocycles. The van der Waals surface area contributed by atoms with Crippen molar-refractivity contribution in [3.05, 3.63) is 0 Å². The molecule has 0 fully saturated rings. The number of hydrogen-bond donors (Lipinski definition) is 0. The van der Waals surface area contributed by atoms with Gasteiger partial charge in [-0.25, -0.2) is 9.59 Å². The van der Waals surface area contributed by atoms with Gasteiger partial charge in [0, 0.05) is 0 Å². The highest BCUT2D eigenvalue weighted by atomic mass is 16.6. The topological polar surface area (TPSA) is 52.6 Å². The minimum atomic E-state index is -0.898. The summed E-state index contributed by atoms with van der Waals surface area (Å²) in [5, 5.41) is 0. The third-order valence-electron chi connectivity index (χ3n) is 2.76. The first-order valence-electron chi connectivity index (χ1n) is 6.81. The summed E-state index contributed by atoms with van der Waals surface area (Å²) < 4.78 is 9.38. The predicted molar refractivity (Wildman–Crippen MR) is 70.1 cm³/mol. The predicted octanol–water partition coefficient (Wildman–Crippen LogP) is 2.95. The van der Waals surface area contributed by atoms with Crippen LogP contribution >= 0.6 is 0 Å². The normalized spacial score (nSPS) is 12.3. The van der Waals surface area contributed by atoms with Gasteiger partial charge in [-0.2, -0.15) is 0 Å². The molecule has 0 heterocycles. The van der Waals surface area contributed by atoms with Crippen LogP contribution in [0.2, 0.25) is 0 Å². The molecule has 0 spiro atoms. The molecule has 0 N–H and O–H groups in total. The van der Waals surface area contributed by atoms with Gasteiger partial charge in [0.2, 0.25) is 0 Å². The quantitative estimate of drug-likeness (QED) is 0.496. The van der Waals surface area contributed by atoms with Crippen molar-refractivity contribution in [1.82, 2.24) is 0 Å². The Morgan fingerprint density at radius 2 is 1.56 bits per heavy atom. The van der Waals surface area contributed by atoms with Crippen molar-refractivity contribution in [3.63, 3.8) is 0 Å². The van der Waals surface area contributed by atoms with E-state index in [1.165, 1.54) is 12.8 Å². The highest BCUT2D eigenvalue weighted by Gasteiger charge is 2.16. The van der Waals surface area contributed by atoms with Crippen LogP contribution in [0.1, 0.15) is 53.4 Å². The van der Waals surface area contributed by atoms with Gasteiger partial charge in [-0.1, -0.05) is 40.0 Å². The summed E-state index contributed by atoms with van der Waals surface area (Å²) in [6.07, 6.45) is 4.36. The Bertz CT molecular complexity index is 248. The zero-order valence-corrected chi connectivity index (χ0v) is 12.0.